The van der Waals surface area contributed by atoms with E-state index in [0.29, 0.717) is 59.6 Å². The molecule has 2 heterocycles. The van der Waals surface area contributed by atoms with Crippen molar-refractivity contribution in [3.05, 3.63) is 99.3 Å². The van der Waals surface area contributed by atoms with E-state index < -0.39 is 6.04 Å². The van der Waals surface area contributed by atoms with E-state index in [1.807, 2.05) is 23.1 Å². The third-order valence-electron chi connectivity index (χ3n) is 8.24. The van der Waals surface area contributed by atoms with Crippen molar-refractivity contribution in [1.29, 1.82) is 5.26 Å². The lowest BCUT2D eigenvalue weighted by molar-refractivity contribution is -0.121. The summed E-state index contributed by atoms with van der Waals surface area (Å²) in [5.74, 6) is -0.152. The lowest BCUT2D eigenvalue weighted by Crippen LogP contribution is -2.46. The number of piperazine rings is 1. The Balaban J connectivity index is 1.22. The van der Waals surface area contributed by atoms with Crippen LogP contribution in [0.15, 0.2) is 65.5 Å². The zero-order valence-electron chi connectivity index (χ0n) is 25.4. The minimum Gasteiger partial charge on any atom is -0.380 e. The van der Waals surface area contributed by atoms with E-state index in [-0.39, 0.29) is 30.1 Å². The fourth-order valence-electron chi connectivity index (χ4n) is 5.75. The molecule has 11 heteroatoms. The highest BCUT2D eigenvalue weighted by Gasteiger charge is 2.21. The molecule has 1 amide bonds. The second-order valence-corrected chi connectivity index (χ2v) is 11.2. The second-order valence-electron chi connectivity index (χ2n) is 11.2. The Hall–Kier alpha value is -5.08. The van der Waals surface area contributed by atoms with Crippen molar-refractivity contribution in [2.24, 2.45) is 0 Å². The van der Waals surface area contributed by atoms with Crippen LogP contribution in [0.1, 0.15) is 41.4 Å². The lowest BCUT2D eigenvalue weighted by Gasteiger charge is -2.36. The van der Waals surface area contributed by atoms with Crippen molar-refractivity contribution in [2.75, 3.05) is 43.4 Å². The molecule has 1 fully saturated rings. The SMILES string of the molecule is CNC(=O)CCC(C=O)n1c(C)nc2cccc(NCc3ccc(CN4CCN(c5ccc(C#N)cc5F)CC4)cc3)c2c1=O. The predicted molar refractivity (Wildman–Crippen MR) is 172 cm³/mol. The first kappa shape index (κ1) is 31.3. The zero-order valence-corrected chi connectivity index (χ0v) is 25.4. The number of fused-ring (bicyclic) bond motifs is 1. The molecule has 1 aliphatic rings. The monoisotopic (exact) mass is 609 g/mol. The number of carbonyl (C=O) groups is 2. The summed E-state index contributed by atoms with van der Waals surface area (Å²) in [6.45, 7) is 5.95. The van der Waals surface area contributed by atoms with E-state index >= 15 is 0 Å². The van der Waals surface area contributed by atoms with E-state index in [9.17, 15) is 18.8 Å². The number of hydrogen-bond donors (Lipinski definition) is 2. The number of halogens is 1. The largest absolute Gasteiger partial charge is 0.380 e. The van der Waals surface area contributed by atoms with Crippen molar-refractivity contribution in [3.8, 4) is 6.07 Å². The molecule has 0 aliphatic carbocycles. The third kappa shape index (κ3) is 7.19. The maximum atomic E-state index is 14.5. The van der Waals surface area contributed by atoms with Gasteiger partial charge in [0.05, 0.1) is 34.3 Å². The molecule has 5 rings (SSSR count). The molecule has 3 aromatic carbocycles. The molecule has 1 aliphatic heterocycles. The Kier molecular flexibility index (Phi) is 9.85. The van der Waals surface area contributed by atoms with Gasteiger partial charge in [0.25, 0.3) is 5.56 Å². The predicted octanol–water partition coefficient (Wildman–Crippen LogP) is 3.92. The van der Waals surface area contributed by atoms with Crippen LogP contribution in [0.3, 0.4) is 0 Å². The fraction of sp³-hybridized carbons (Fsp3) is 0.324. The van der Waals surface area contributed by atoms with Crippen molar-refractivity contribution >= 4 is 34.5 Å². The van der Waals surface area contributed by atoms with Gasteiger partial charge in [-0.25, -0.2) is 9.37 Å². The van der Waals surface area contributed by atoms with Gasteiger partial charge in [-0.2, -0.15) is 5.26 Å². The van der Waals surface area contributed by atoms with Gasteiger partial charge in [0.2, 0.25) is 5.91 Å². The Labute approximate surface area is 261 Å². The average Bonchev–Trinajstić information content (AvgIpc) is 3.05. The van der Waals surface area contributed by atoms with Gasteiger partial charge in [-0.05, 0) is 54.8 Å². The number of amides is 1. The molecule has 2 N–H and O–H groups in total. The van der Waals surface area contributed by atoms with Crippen LogP contribution in [0, 0.1) is 24.1 Å². The van der Waals surface area contributed by atoms with Gasteiger partial charge in [-0.1, -0.05) is 30.3 Å². The number of nitriles is 1. The molecular weight excluding hydrogens is 573 g/mol. The van der Waals surface area contributed by atoms with Gasteiger partial charge in [0, 0.05) is 58.4 Å². The van der Waals surface area contributed by atoms with E-state index in [1.54, 1.807) is 25.1 Å². The fourth-order valence-corrected chi connectivity index (χ4v) is 5.75. The van der Waals surface area contributed by atoms with Gasteiger partial charge >= 0.3 is 0 Å². The number of benzene rings is 3. The Bertz CT molecular complexity index is 1790. The molecule has 0 bridgehead atoms. The minimum atomic E-state index is -0.799. The highest BCUT2D eigenvalue weighted by Crippen LogP contribution is 2.24. The number of aryl methyl sites for hydroxylation is 1. The summed E-state index contributed by atoms with van der Waals surface area (Å²) in [6, 6.07) is 19.5. The first-order valence-corrected chi connectivity index (χ1v) is 15.0. The molecule has 1 aromatic heterocycles. The number of nitrogens with zero attached hydrogens (tertiary/aromatic N) is 5. The Morgan fingerprint density at radius 3 is 2.49 bits per heavy atom. The van der Waals surface area contributed by atoms with E-state index in [0.717, 1.165) is 25.2 Å². The summed E-state index contributed by atoms with van der Waals surface area (Å²) >= 11 is 0. The molecular formula is C34H36FN7O3. The van der Waals surface area contributed by atoms with Crippen LogP contribution in [0.25, 0.3) is 10.9 Å². The third-order valence-corrected chi connectivity index (χ3v) is 8.24. The van der Waals surface area contributed by atoms with Crippen LogP contribution in [-0.2, 0) is 22.7 Å². The number of carbonyl (C=O) groups excluding carboxylic acids is 2. The molecule has 1 atom stereocenters. The maximum absolute atomic E-state index is 14.5. The standard InChI is InChI=1S/C34H36FN7O3/c1-23-39-30-5-3-4-29(33(30)34(45)42(23)27(22-43)11-13-32(44)37-2)38-20-24-6-8-25(9-7-24)21-40-14-16-41(17-15-40)31-12-10-26(19-36)18-28(31)35/h3-10,12,18,22,27,38H,11,13-17,20-21H2,1-2H3,(H,37,44). The van der Waals surface area contributed by atoms with E-state index in [1.165, 1.54) is 23.2 Å². The second kappa shape index (κ2) is 14.1. The number of rotatable bonds is 11. The Morgan fingerprint density at radius 1 is 1.09 bits per heavy atom. The molecule has 1 unspecified atom stereocenters. The van der Waals surface area contributed by atoms with Crippen LogP contribution in [0.5, 0.6) is 0 Å². The highest BCUT2D eigenvalue weighted by molar-refractivity contribution is 5.90. The van der Waals surface area contributed by atoms with Gasteiger partial charge < -0.3 is 20.3 Å². The summed E-state index contributed by atoms with van der Waals surface area (Å²) in [5.41, 5.74) is 3.88. The first-order valence-electron chi connectivity index (χ1n) is 15.0. The van der Waals surface area contributed by atoms with Crippen molar-refractivity contribution in [2.45, 2.75) is 38.9 Å². The molecule has 232 valence electrons. The average molecular weight is 610 g/mol. The topological polar surface area (TPSA) is 123 Å². The van der Waals surface area contributed by atoms with E-state index in [4.69, 9.17) is 5.26 Å². The molecule has 0 saturated carbocycles. The first-order chi connectivity index (χ1) is 21.8. The summed E-state index contributed by atoms with van der Waals surface area (Å²) < 4.78 is 15.8. The summed E-state index contributed by atoms with van der Waals surface area (Å²) in [4.78, 5) is 46.3. The van der Waals surface area contributed by atoms with Crippen molar-refractivity contribution in [1.82, 2.24) is 19.8 Å². The summed E-state index contributed by atoms with van der Waals surface area (Å²) in [5, 5.41) is 15.3. The number of anilines is 2. The lowest BCUT2D eigenvalue weighted by atomic mass is 10.1. The van der Waals surface area contributed by atoms with Crippen LogP contribution in [-0.4, -0.2) is 59.9 Å². The molecule has 10 nitrogen and oxygen atoms in total. The number of nitrogens with one attached hydrogen (secondary N) is 2. The Morgan fingerprint density at radius 2 is 1.82 bits per heavy atom. The van der Waals surface area contributed by atoms with Crippen LogP contribution in [0.2, 0.25) is 0 Å². The van der Waals surface area contributed by atoms with Crippen molar-refractivity contribution in [3.63, 3.8) is 0 Å². The minimum absolute atomic E-state index is 0.120. The molecule has 4 aromatic rings. The number of hydrogen-bond acceptors (Lipinski definition) is 8. The molecule has 1 saturated heterocycles. The number of aldehydes is 1. The smallest absolute Gasteiger partial charge is 0.264 e. The van der Waals surface area contributed by atoms with Gasteiger partial charge in [-0.3, -0.25) is 19.1 Å². The zero-order chi connectivity index (χ0) is 31.9. The molecule has 0 radical (unpaired) electrons. The maximum Gasteiger partial charge on any atom is 0.264 e. The normalized spacial score (nSPS) is 14.1. The molecule has 0 spiro atoms. The summed E-state index contributed by atoms with van der Waals surface area (Å²) in [6.07, 6.45) is 1.01. The van der Waals surface area contributed by atoms with Gasteiger partial charge in [0.1, 0.15) is 17.9 Å². The van der Waals surface area contributed by atoms with Gasteiger partial charge in [-0.15, -0.1) is 0 Å². The van der Waals surface area contributed by atoms with Gasteiger partial charge in [0.15, 0.2) is 0 Å². The van der Waals surface area contributed by atoms with Crippen molar-refractivity contribution < 1.29 is 14.0 Å². The summed E-state index contributed by atoms with van der Waals surface area (Å²) in [7, 11) is 1.53. The van der Waals surface area contributed by atoms with Crippen LogP contribution >= 0.6 is 0 Å². The van der Waals surface area contributed by atoms with E-state index in [2.05, 4.69) is 44.8 Å². The highest BCUT2D eigenvalue weighted by atomic mass is 19.1. The van der Waals surface area contributed by atoms with Crippen LogP contribution < -0.4 is 21.1 Å². The number of aromatic nitrogens is 2. The molecule has 45 heavy (non-hydrogen) atoms. The van der Waals surface area contributed by atoms with Crippen LogP contribution in [0.4, 0.5) is 15.8 Å². The quantitative estimate of drug-likeness (QED) is 0.246.